The first kappa shape index (κ1) is 20.7. The zero-order valence-corrected chi connectivity index (χ0v) is 17.8. The van der Waals surface area contributed by atoms with Crippen LogP contribution in [0, 0.1) is 5.82 Å². The number of hydrogen-bond acceptors (Lipinski definition) is 5. The Morgan fingerprint density at radius 3 is 2.57 bits per heavy atom. The summed E-state index contributed by atoms with van der Waals surface area (Å²) < 4.78 is 46.7. The van der Waals surface area contributed by atoms with Gasteiger partial charge in [0.2, 0.25) is 21.7 Å². The van der Waals surface area contributed by atoms with Crippen molar-refractivity contribution >= 4 is 10.0 Å². The molecule has 1 aromatic heterocycles. The van der Waals surface area contributed by atoms with Crippen molar-refractivity contribution in [3.63, 3.8) is 0 Å². The quantitative estimate of drug-likeness (QED) is 0.594. The molecule has 1 aliphatic rings. The van der Waals surface area contributed by atoms with Gasteiger partial charge in [-0.1, -0.05) is 55.4 Å². The number of hydrogen-bond donors (Lipinski definition) is 0. The summed E-state index contributed by atoms with van der Waals surface area (Å²) in [7, 11) is -3.92. The molecule has 0 radical (unpaired) electrons. The molecule has 30 heavy (non-hydrogen) atoms. The fourth-order valence-corrected chi connectivity index (χ4v) is 5.28. The van der Waals surface area contributed by atoms with E-state index in [0.29, 0.717) is 30.6 Å². The summed E-state index contributed by atoms with van der Waals surface area (Å²) in [5.41, 5.74) is 2.07. The van der Waals surface area contributed by atoms with Crippen molar-refractivity contribution in [2.24, 2.45) is 0 Å². The van der Waals surface area contributed by atoms with Crippen LogP contribution in [0.25, 0.3) is 11.4 Å². The number of aromatic nitrogens is 2. The number of piperidine rings is 1. The highest BCUT2D eigenvalue weighted by Crippen LogP contribution is 2.31. The third-order valence-corrected chi connectivity index (χ3v) is 7.36. The van der Waals surface area contributed by atoms with E-state index in [4.69, 9.17) is 4.52 Å². The molecule has 2 heterocycles. The molecule has 0 N–H and O–H groups in total. The summed E-state index contributed by atoms with van der Waals surface area (Å²) in [6, 6.07) is 13.4. The Morgan fingerprint density at radius 2 is 1.87 bits per heavy atom. The molecule has 0 spiro atoms. The summed E-state index contributed by atoms with van der Waals surface area (Å²) >= 11 is 0. The molecule has 158 valence electrons. The molecule has 3 aromatic rings. The number of sulfonamides is 1. The van der Waals surface area contributed by atoms with Gasteiger partial charge >= 0.3 is 0 Å². The Labute approximate surface area is 175 Å². The van der Waals surface area contributed by atoms with Crippen LogP contribution in [0.15, 0.2) is 57.9 Å². The van der Waals surface area contributed by atoms with Crippen molar-refractivity contribution in [1.82, 2.24) is 14.4 Å². The van der Waals surface area contributed by atoms with E-state index in [2.05, 4.69) is 24.0 Å². The number of rotatable bonds is 5. The van der Waals surface area contributed by atoms with Gasteiger partial charge in [-0.15, -0.1) is 0 Å². The van der Waals surface area contributed by atoms with Crippen molar-refractivity contribution in [3.8, 4) is 11.4 Å². The van der Waals surface area contributed by atoms with Crippen molar-refractivity contribution in [1.29, 1.82) is 0 Å². The molecule has 1 fully saturated rings. The second-order valence-electron chi connectivity index (χ2n) is 7.87. The first-order valence-electron chi connectivity index (χ1n) is 10.0. The van der Waals surface area contributed by atoms with E-state index in [9.17, 15) is 12.8 Å². The molecule has 1 saturated heterocycles. The van der Waals surface area contributed by atoms with Crippen LogP contribution in [-0.2, 0) is 10.0 Å². The fraction of sp³-hybridized carbons (Fsp3) is 0.364. The molecule has 0 unspecified atom stereocenters. The lowest BCUT2D eigenvalue weighted by Crippen LogP contribution is -2.39. The van der Waals surface area contributed by atoms with Gasteiger partial charge < -0.3 is 4.52 Å². The molecule has 0 aliphatic carbocycles. The van der Waals surface area contributed by atoms with Gasteiger partial charge in [0.1, 0.15) is 10.7 Å². The molecule has 6 nitrogen and oxygen atoms in total. The molecule has 1 aliphatic heterocycles. The van der Waals surface area contributed by atoms with Crippen LogP contribution in [0.3, 0.4) is 0 Å². The molecule has 0 amide bonds. The zero-order chi connectivity index (χ0) is 21.3. The van der Waals surface area contributed by atoms with Gasteiger partial charge in [-0.05, 0) is 36.5 Å². The molecule has 4 rings (SSSR count). The van der Waals surface area contributed by atoms with E-state index in [0.717, 1.165) is 18.1 Å². The maximum atomic E-state index is 14.1. The van der Waals surface area contributed by atoms with E-state index in [-0.39, 0.29) is 17.4 Å². The molecule has 0 saturated carbocycles. The molecule has 8 heteroatoms. The van der Waals surface area contributed by atoms with E-state index in [1.165, 1.54) is 28.1 Å². The normalized spacial score (nSPS) is 18.1. The third kappa shape index (κ3) is 4.02. The molecule has 2 aromatic carbocycles. The molecular formula is C22H24FN3O3S. The van der Waals surface area contributed by atoms with Crippen LogP contribution in [-0.4, -0.2) is 36.0 Å². The number of benzene rings is 2. The Morgan fingerprint density at radius 1 is 1.13 bits per heavy atom. The summed E-state index contributed by atoms with van der Waals surface area (Å²) in [4.78, 5) is 4.21. The van der Waals surface area contributed by atoms with Crippen LogP contribution >= 0.6 is 0 Å². The highest BCUT2D eigenvalue weighted by Gasteiger charge is 2.34. The van der Waals surface area contributed by atoms with Gasteiger partial charge in [0.15, 0.2) is 0 Å². The standard InChI is InChI=1S/C22H24FN3O3S/c1-15(2)16-9-11-17(12-10-16)21-24-22(29-25-21)18-6-5-13-26(14-18)30(27,28)20-8-4-3-7-19(20)23/h3-4,7-12,15,18H,5-6,13-14H2,1-2H3/t18-/m0/s1. The van der Waals surface area contributed by atoms with Gasteiger partial charge in [-0.2, -0.15) is 9.29 Å². The van der Waals surface area contributed by atoms with Crippen molar-refractivity contribution in [2.75, 3.05) is 13.1 Å². The van der Waals surface area contributed by atoms with Crippen LogP contribution in [0.1, 0.15) is 50.0 Å². The lowest BCUT2D eigenvalue weighted by molar-refractivity contribution is 0.265. The van der Waals surface area contributed by atoms with E-state index < -0.39 is 15.8 Å². The predicted molar refractivity (Wildman–Crippen MR) is 111 cm³/mol. The summed E-state index contributed by atoms with van der Waals surface area (Å²) in [5.74, 6) is 0.353. The van der Waals surface area contributed by atoms with Crippen LogP contribution in [0.5, 0.6) is 0 Å². The first-order chi connectivity index (χ1) is 14.4. The lowest BCUT2D eigenvalue weighted by Gasteiger charge is -2.30. The average Bonchev–Trinajstić information content (AvgIpc) is 3.24. The van der Waals surface area contributed by atoms with Crippen molar-refractivity contribution < 1.29 is 17.3 Å². The van der Waals surface area contributed by atoms with Crippen LogP contribution in [0.4, 0.5) is 4.39 Å². The van der Waals surface area contributed by atoms with Gasteiger partial charge in [0.25, 0.3) is 0 Å². The van der Waals surface area contributed by atoms with Crippen LogP contribution < -0.4 is 0 Å². The topological polar surface area (TPSA) is 76.3 Å². The fourth-order valence-electron chi connectivity index (χ4n) is 3.69. The van der Waals surface area contributed by atoms with E-state index >= 15 is 0 Å². The lowest BCUT2D eigenvalue weighted by atomic mass is 9.99. The molecule has 0 bridgehead atoms. The predicted octanol–water partition coefficient (Wildman–Crippen LogP) is 4.57. The van der Waals surface area contributed by atoms with E-state index in [1.807, 2.05) is 24.3 Å². The van der Waals surface area contributed by atoms with Crippen LogP contribution in [0.2, 0.25) is 0 Å². The zero-order valence-electron chi connectivity index (χ0n) is 17.0. The summed E-state index contributed by atoms with van der Waals surface area (Å²) in [5, 5.41) is 4.08. The SMILES string of the molecule is CC(C)c1ccc(-c2noc([C@H]3CCCN(S(=O)(=O)c4ccccc4F)C3)n2)cc1. The van der Waals surface area contributed by atoms with E-state index in [1.54, 1.807) is 0 Å². The maximum absolute atomic E-state index is 14.1. The second kappa shape index (κ2) is 8.28. The molecular weight excluding hydrogens is 405 g/mol. The Bertz CT molecular complexity index is 1130. The summed E-state index contributed by atoms with van der Waals surface area (Å²) in [6.07, 6.45) is 1.37. The number of nitrogens with zero attached hydrogens (tertiary/aromatic N) is 3. The van der Waals surface area contributed by atoms with Gasteiger partial charge in [-0.25, -0.2) is 12.8 Å². The first-order valence-corrected chi connectivity index (χ1v) is 11.5. The monoisotopic (exact) mass is 429 g/mol. The van der Waals surface area contributed by atoms with Gasteiger partial charge in [-0.3, -0.25) is 0 Å². The van der Waals surface area contributed by atoms with Gasteiger partial charge in [0, 0.05) is 18.7 Å². The maximum Gasteiger partial charge on any atom is 0.246 e. The highest BCUT2D eigenvalue weighted by atomic mass is 32.2. The minimum atomic E-state index is -3.92. The Kier molecular flexibility index (Phi) is 5.71. The van der Waals surface area contributed by atoms with Crippen molar-refractivity contribution in [3.05, 3.63) is 65.8 Å². The number of halogens is 1. The largest absolute Gasteiger partial charge is 0.339 e. The Hall–Kier alpha value is -2.58. The van der Waals surface area contributed by atoms with Crippen molar-refractivity contribution in [2.45, 2.75) is 43.4 Å². The Balaban J connectivity index is 1.54. The minimum absolute atomic E-state index is 0.185. The molecule has 1 atom stereocenters. The smallest absolute Gasteiger partial charge is 0.246 e. The summed E-state index contributed by atoms with van der Waals surface area (Å²) in [6.45, 7) is 4.78. The third-order valence-electron chi connectivity index (χ3n) is 5.47. The van der Waals surface area contributed by atoms with Gasteiger partial charge in [0.05, 0.1) is 5.92 Å². The highest BCUT2D eigenvalue weighted by molar-refractivity contribution is 7.89. The minimum Gasteiger partial charge on any atom is -0.339 e. The second-order valence-corrected chi connectivity index (χ2v) is 9.77. The average molecular weight is 430 g/mol.